The van der Waals surface area contributed by atoms with Crippen LogP contribution in [0.25, 0.3) is 10.2 Å². The minimum atomic E-state index is -3.07. The first kappa shape index (κ1) is 14.5. The maximum atomic E-state index is 12.3. The summed E-state index contributed by atoms with van der Waals surface area (Å²) in [5, 5.41) is 3.76. The normalized spacial score (nSPS) is 11.9. The predicted octanol–water partition coefficient (Wildman–Crippen LogP) is 3.93. The first-order chi connectivity index (χ1) is 9.17. The molecule has 0 unspecified atom stereocenters. The molecule has 104 valence electrons. The van der Waals surface area contributed by atoms with E-state index in [0.29, 0.717) is 13.2 Å². The summed E-state index contributed by atoms with van der Waals surface area (Å²) in [6.45, 7) is 4.31. The highest BCUT2D eigenvalue weighted by molar-refractivity contribution is 7.54. The van der Waals surface area contributed by atoms with Crippen molar-refractivity contribution in [3.05, 3.63) is 24.3 Å². The molecule has 2 rings (SSSR count). The van der Waals surface area contributed by atoms with Crippen LogP contribution in [-0.2, 0) is 13.6 Å². The standard InChI is InChI=1S/C12H17N2O3PS/c1-3-16-18(15,17-4-2)9-13-12-14-10-7-5-6-8-11(10)19-12/h5-8H,3-4,9H2,1-2H3,(H,13,14). The Kier molecular flexibility index (Phi) is 4.93. The van der Waals surface area contributed by atoms with Gasteiger partial charge in [-0.15, -0.1) is 0 Å². The molecule has 5 nitrogen and oxygen atoms in total. The lowest BCUT2D eigenvalue weighted by atomic mass is 10.3. The second-order valence-electron chi connectivity index (χ2n) is 3.77. The maximum Gasteiger partial charge on any atom is 0.349 e. The molecule has 0 atom stereocenters. The quantitative estimate of drug-likeness (QED) is 0.785. The first-order valence-electron chi connectivity index (χ1n) is 6.14. The molecule has 0 aliphatic heterocycles. The Morgan fingerprint density at radius 3 is 2.58 bits per heavy atom. The monoisotopic (exact) mass is 300 g/mol. The number of thiazole rings is 1. The second kappa shape index (κ2) is 6.48. The molecule has 0 amide bonds. The van der Waals surface area contributed by atoms with E-state index in [-0.39, 0.29) is 6.29 Å². The molecule has 0 aliphatic rings. The van der Waals surface area contributed by atoms with Gasteiger partial charge < -0.3 is 14.4 Å². The van der Waals surface area contributed by atoms with Gasteiger partial charge in [0.25, 0.3) is 0 Å². The molecule has 1 aromatic carbocycles. The third-order valence-electron chi connectivity index (χ3n) is 2.37. The van der Waals surface area contributed by atoms with Gasteiger partial charge in [0.2, 0.25) is 0 Å². The molecule has 7 heteroatoms. The van der Waals surface area contributed by atoms with Crippen molar-refractivity contribution in [2.45, 2.75) is 13.8 Å². The van der Waals surface area contributed by atoms with E-state index in [4.69, 9.17) is 9.05 Å². The first-order valence-corrected chi connectivity index (χ1v) is 8.69. The molecule has 0 bridgehead atoms. The topological polar surface area (TPSA) is 60.5 Å². The molecule has 1 N–H and O–H groups in total. The minimum Gasteiger partial charge on any atom is -0.350 e. The fraction of sp³-hybridized carbons (Fsp3) is 0.417. The van der Waals surface area contributed by atoms with Crippen LogP contribution in [-0.4, -0.2) is 24.5 Å². The Labute approximate surface area is 116 Å². The number of hydrogen-bond acceptors (Lipinski definition) is 6. The summed E-state index contributed by atoms with van der Waals surface area (Å²) in [5.74, 6) is 0. The van der Waals surface area contributed by atoms with Crippen LogP contribution < -0.4 is 5.32 Å². The number of hydrogen-bond donors (Lipinski definition) is 1. The molecule has 0 radical (unpaired) electrons. The zero-order valence-corrected chi connectivity index (χ0v) is 12.7. The van der Waals surface area contributed by atoms with Gasteiger partial charge in [0, 0.05) is 0 Å². The van der Waals surface area contributed by atoms with Gasteiger partial charge >= 0.3 is 7.60 Å². The van der Waals surface area contributed by atoms with Gasteiger partial charge in [-0.1, -0.05) is 23.5 Å². The Balaban J connectivity index is 2.06. The molecule has 1 heterocycles. The van der Waals surface area contributed by atoms with Crippen molar-refractivity contribution in [1.82, 2.24) is 4.98 Å². The van der Waals surface area contributed by atoms with Crippen LogP contribution in [0.1, 0.15) is 13.8 Å². The highest BCUT2D eigenvalue weighted by Gasteiger charge is 2.23. The number of nitrogens with one attached hydrogen (secondary N) is 1. The van der Waals surface area contributed by atoms with E-state index in [1.165, 1.54) is 11.3 Å². The van der Waals surface area contributed by atoms with E-state index in [0.717, 1.165) is 15.3 Å². The van der Waals surface area contributed by atoms with Crippen LogP contribution >= 0.6 is 18.9 Å². The van der Waals surface area contributed by atoms with E-state index >= 15 is 0 Å². The van der Waals surface area contributed by atoms with Crippen molar-refractivity contribution in [2.75, 3.05) is 24.8 Å². The molecule has 0 fully saturated rings. The van der Waals surface area contributed by atoms with Crippen molar-refractivity contribution in [2.24, 2.45) is 0 Å². The Hall–Kier alpha value is -0.940. The Morgan fingerprint density at radius 2 is 1.95 bits per heavy atom. The van der Waals surface area contributed by atoms with Crippen LogP contribution in [0.5, 0.6) is 0 Å². The zero-order chi connectivity index (χ0) is 13.7. The van der Waals surface area contributed by atoms with Crippen LogP contribution in [0, 0.1) is 0 Å². The summed E-state index contributed by atoms with van der Waals surface area (Å²) in [5.41, 5.74) is 0.928. The molecule has 0 aliphatic carbocycles. The summed E-state index contributed by atoms with van der Waals surface area (Å²) in [6, 6.07) is 7.86. The number of benzene rings is 1. The molecule has 0 saturated carbocycles. The SMILES string of the molecule is CCOP(=O)(CNc1nc2ccccc2s1)OCC. The van der Waals surface area contributed by atoms with Crippen LogP contribution in [0.2, 0.25) is 0 Å². The lowest BCUT2D eigenvalue weighted by molar-refractivity contribution is 0.221. The third-order valence-corrected chi connectivity index (χ3v) is 5.21. The van der Waals surface area contributed by atoms with Gasteiger partial charge in [0.05, 0.1) is 23.4 Å². The van der Waals surface area contributed by atoms with Crippen molar-refractivity contribution >= 4 is 34.3 Å². The maximum absolute atomic E-state index is 12.3. The fourth-order valence-electron chi connectivity index (χ4n) is 1.63. The lowest BCUT2D eigenvalue weighted by Crippen LogP contribution is -2.07. The summed E-state index contributed by atoms with van der Waals surface area (Å²) < 4.78 is 23.8. The van der Waals surface area contributed by atoms with Gasteiger partial charge in [-0.05, 0) is 26.0 Å². The number of nitrogens with zero attached hydrogens (tertiary/aromatic N) is 1. The molecule has 0 spiro atoms. The molecular weight excluding hydrogens is 283 g/mol. The minimum absolute atomic E-state index is 0.133. The molecule has 19 heavy (non-hydrogen) atoms. The number of anilines is 1. The van der Waals surface area contributed by atoms with Gasteiger partial charge in [-0.2, -0.15) is 0 Å². The van der Waals surface area contributed by atoms with Crippen molar-refractivity contribution in [3.63, 3.8) is 0 Å². The van der Waals surface area contributed by atoms with E-state index < -0.39 is 7.60 Å². The van der Waals surface area contributed by atoms with Gasteiger partial charge in [0.1, 0.15) is 6.29 Å². The molecule has 2 aromatic rings. The summed E-state index contributed by atoms with van der Waals surface area (Å²) in [4.78, 5) is 4.41. The average molecular weight is 300 g/mol. The number of aromatic nitrogens is 1. The lowest BCUT2D eigenvalue weighted by Gasteiger charge is -2.16. The molecule has 0 saturated heterocycles. The van der Waals surface area contributed by atoms with Crippen LogP contribution in [0.4, 0.5) is 5.13 Å². The van der Waals surface area contributed by atoms with E-state index in [1.807, 2.05) is 24.3 Å². The van der Waals surface area contributed by atoms with Crippen molar-refractivity contribution in [1.29, 1.82) is 0 Å². The number of rotatable bonds is 7. The second-order valence-corrected chi connectivity index (χ2v) is 6.85. The van der Waals surface area contributed by atoms with Gasteiger partial charge in [-0.25, -0.2) is 4.98 Å². The fourth-order valence-corrected chi connectivity index (χ4v) is 3.99. The molecular formula is C12H17N2O3PS. The predicted molar refractivity (Wildman–Crippen MR) is 79.0 cm³/mol. The molecule has 1 aromatic heterocycles. The van der Waals surface area contributed by atoms with Crippen molar-refractivity contribution in [3.8, 4) is 0 Å². The van der Waals surface area contributed by atoms with Gasteiger partial charge in [-0.3, -0.25) is 4.57 Å². The highest BCUT2D eigenvalue weighted by Crippen LogP contribution is 2.47. The highest BCUT2D eigenvalue weighted by atomic mass is 32.1. The zero-order valence-electron chi connectivity index (χ0n) is 11.0. The summed E-state index contributed by atoms with van der Waals surface area (Å²) in [7, 11) is -3.07. The van der Waals surface area contributed by atoms with Gasteiger partial charge in [0.15, 0.2) is 5.13 Å². The van der Waals surface area contributed by atoms with Crippen LogP contribution in [0.15, 0.2) is 24.3 Å². The smallest absolute Gasteiger partial charge is 0.349 e. The number of para-hydroxylation sites is 1. The van der Waals surface area contributed by atoms with E-state index in [9.17, 15) is 4.57 Å². The summed E-state index contributed by atoms with van der Waals surface area (Å²) in [6.07, 6.45) is 0.133. The van der Waals surface area contributed by atoms with Crippen LogP contribution in [0.3, 0.4) is 0 Å². The largest absolute Gasteiger partial charge is 0.350 e. The Bertz CT molecular complexity index is 544. The van der Waals surface area contributed by atoms with E-state index in [2.05, 4.69) is 10.3 Å². The van der Waals surface area contributed by atoms with Crippen molar-refractivity contribution < 1.29 is 13.6 Å². The Morgan fingerprint density at radius 1 is 1.26 bits per heavy atom. The average Bonchev–Trinajstić information content (AvgIpc) is 2.80. The number of fused-ring (bicyclic) bond motifs is 1. The summed E-state index contributed by atoms with van der Waals surface area (Å²) >= 11 is 1.52. The van der Waals surface area contributed by atoms with E-state index in [1.54, 1.807) is 13.8 Å². The third kappa shape index (κ3) is 3.76.